The van der Waals surface area contributed by atoms with Crippen LogP contribution in [0.4, 0.5) is 0 Å². The Balaban J connectivity index is 1.97. The molecule has 1 aromatic carbocycles. The number of ketones is 1. The van der Waals surface area contributed by atoms with Crippen LogP contribution in [0.25, 0.3) is 22.5 Å². The van der Waals surface area contributed by atoms with Gasteiger partial charge in [-0.3, -0.25) is 9.59 Å². The highest BCUT2D eigenvalue weighted by atomic mass is 16.5. The summed E-state index contributed by atoms with van der Waals surface area (Å²) in [7, 11) is 0. The van der Waals surface area contributed by atoms with Gasteiger partial charge in [0.25, 0.3) is 5.89 Å². The molecule has 7 nitrogen and oxygen atoms in total. The highest BCUT2D eigenvalue weighted by Gasteiger charge is 2.20. The molecule has 26 heavy (non-hydrogen) atoms. The second-order valence-electron chi connectivity index (χ2n) is 6.30. The molecule has 0 atom stereocenters. The lowest BCUT2D eigenvalue weighted by molar-refractivity contribution is -0.145. The highest BCUT2D eigenvalue weighted by molar-refractivity contribution is 5.97. The normalized spacial score (nSPS) is 11.2. The maximum Gasteiger partial charge on any atom is 0.313 e. The minimum absolute atomic E-state index is 0.0288. The number of carbonyl (C=O) groups is 2. The van der Waals surface area contributed by atoms with Crippen molar-refractivity contribution in [1.29, 1.82) is 0 Å². The minimum atomic E-state index is -0.518. The van der Waals surface area contributed by atoms with E-state index in [2.05, 4.69) is 10.2 Å². The molecule has 0 radical (unpaired) electrons. The van der Waals surface area contributed by atoms with Crippen LogP contribution in [0.2, 0.25) is 0 Å². The summed E-state index contributed by atoms with van der Waals surface area (Å²) in [4.78, 5) is 23.9. The molecule has 0 spiro atoms. The molecule has 0 aliphatic rings. The standard InChI is InChI=1S/C19H21N3O4/c1-4-25-17(24)10-14(23)11-22-15-8-6-5-7-13(15)9-16(22)19-21-20-18(26-19)12(2)3/h5-9,12H,4,10-11H2,1-3H3. The number of rotatable bonds is 7. The third kappa shape index (κ3) is 3.66. The van der Waals surface area contributed by atoms with E-state index in [4.69, 9.17) is 9.15 Å². The van der Waals surface area contributed by atoms with E-state index in [-0.39, 0.29) is 31.3 Å². The molecular formula is C19H21N3O4. The van der Waals surface area contributed by atoms with Gasteiger partial charge in [-0.25, -0.2) is 0 Å². The first-order valence-corrected chi connectivity index (χ1v) is 8.59. The van der Waals surface area contributed by atoms with Gasteiger partial charge >= 0.3 is 5.97 Å². The third-order valence-corrected chi connectivity index (χ3v) is 3.95. The third-order valence-electron chi connectivity index (χ3n) is 3.95. The van der Waals surface area contributed by atoms with Gasteiger partial charge in [0.1, 0.15) is 12.1 Å². The van der Waals surface area contributed by atoms with Crippen LogP contribution in [0.1, 0.15) is 39.0 Å². The Morgan fingerprint density at radius 3 is 2.69 bits per heavy atom. The van der Waals surface area contributed by atoms with Crippen molar-refractivity contribution < 1.29 is 18.7 Å². The van der Waals surface area contributed by atoms with Crippen LogP contribution in [0.3, 0.4) is 0 Å². The Morgan fingerprint density at radius 1 is 1.23 bits per heavy atom. The Bertz CT molecular complexity index is 939. The van der Waals surface area contributed by atoms with E-state index in [0.717, 1.165) is 10.9 Å². The first kappa shape index (κ1) is 17.8. The molecule has 0 aliphatic heterocycles. The predicted molar refractivity (Wildman–Crippen MR) is 95.6 cm³/mol. The van der Waals surface area contributed by atoms with Gasteiger partial charge < -0.3 is 13.7 Å². The van der Waals surface area contributed by atoms with Crippen LogP contribution in [-0.4, -0.2) is 33.1 Å². The van der Waals surface area contributed by atoms with Gasteiger partial charge in [0, 0.05) is 16.8 Å². The molecule has 2 aromatic heterocycles. The number of nitrogens with zero attached hydrogens (tertiary/aromatic N) is 3. The highest BCUT2D eigenvalue weighted by Crippen LogP contribution is 2.28. The molecule has 2 heterocycles. The second kappa shape index (κ2) is 7.51. The van der Waals surface area contributed by atoms with Crippen molar-refractivity contribution in [3.05, 3.63) is 36.2 Å². The summed E-state index contributed by atoms with van der Waals surface area (Å²) >= 11 is 0. The molecule has 0 fully saturated rings. The van der Waals surface area contributed by atoms with Crippen LogP contribution in [0.15, 0.2) is 34.7 Å². The fraction of sp³-hybridized carbons (Fsp3) is 0.368. The Hall–Kier alpha value is -2.96. The Kier molecular flexibility index (Phi) is 5.16. The van der Waals surface area contributed by atoms with E-state index >= 15 is 0 Å². The first-order chi connectivity index (χ1) is 12.5. The van der Waals surface area contributed by atoms with E-state index in [1.54, 1.807) is 11.5 Å². The number of aromatic nitrogens is 3. The van der Waals surface area contributed by atoms with E-state index in [1.165, 1.54) is 0 Å². The van der Waals surface area contributed by atoms with Gasteiger partial charge in [0.2, 0.25) is 5.89 Å². The topological polar surface area (TPSA) is 87.2 Å². The fourth-order valence-electron chi connectivity index (χ4n) is 2.73. The molecule has 0 bridgehead atoms. The van der Waals surface area contributed by atoms with Crippen molar-refractivity contribution in [3.8, 4) is 11.6 Å². The lowest BCUT2D eigenvalue weighted by Crippen LogP contribution is -2.16. The molecule has 0 unspecified atom stereocenters. The molecule has 0 saturated carbocycles. The van der Waals surface area contributed by atoms with E-state index in [0.29, 0.717) is 17.5 Å². The maximum absolute atomic E-state index is 12.3. The molecule has 3 aromatic rings. The van der Waals surface area contributed by atoms with Gasteiger partial charge in [-0.1, -0.05) is 32.0 Å². The lowest BCUT2D eigenvalue weighted by atomic mass is 10.2. The summed E-state index contributed by atoms with van der Waals surface area (Å²) in [5.74, 6) is 0.244. The molecule has 136 valence electrons. The maximum atomic E-state index is 12.3. The largest absolute Gasteiger partial charge is 0.466 e. The van der Waals surface area contributed by atoms with E-state index < -0.39 is 5.97 Å². The number of Topliss-reactive ketones (excluding diaryl/α,β-unsaturated/α-hetero) is 1. The van der Waals surface area contributed by atoms with Gasteiger partial charge in [0.05, 0.1) is 13.2 Å². The first-order valence-electron chi connectivity index (χ1n) is 8.59. The van der Waals surface area contributed by atoms with Gasteiger partial charge in [0.15, 0.2) is 5.78 Å². The van der Waals surface area contributed by atoms with Crippen LogP contribution < -0.4 is 0 Å². The van der Waals surface area contributed by atoms with E-state index in [1.807, 2.05) is 44.2 Å². The van der Waals surface area contributed by atoms with Gasteiger partial charge in [-0.15, -0.1) is 10.2 Å². The summed E-state index contributed by atoms with van der Waals surface area (Å²) in [6.45, 7) is 5.93. The number of fused-ring (bicyclic) bond motifs is 1. The summed E-state index contributed by atoms with van der Waals surface area (Å²) < 4.78 is 12.4. The lowest BCUT2D eigenvalue weighted by Gasteiger charge is -2.08. The summed E-state index contributed by atoms with van der Waals surface area (Å²) in [5, 5.41) is 9.14. The number of carbonyl (C=O) groups excluding carboxylic acids is 2. The molecule has 3 rings (SSSR count). The molecule has 0 saturated heterocycles. The van der Waals surface area contributed by atoms with Crippen LogP contribution in [-0.2, 0) is 20.9 Å². The zero-order chi connectivity index (χ0) is 18.7. The van der Waals surface area contributed by atoms with Crippen molar-refractivity contribution in [2.75, 3.05) is 6.61 Å². The van der Waals surface area contributed by atoms with Crippen LogP contribution >= 0.6 is 0 Å². The minimum Gasteiger partial charge on any atom is -0.466 e. The Labute approximate surface area is 151 Å². The zero-order valence-electron chi connectivity index (χ0n) is 15.1. The summed E-state index contributed by atoms with van der Waals surface area (Å²) in [5.41, 5.74) is 1.52. The quantitative estimate of drug-likeness (QED) is 0.477. The molecular weight excluding hydrogens is 334 g/mol. The molecule has 0 aliphatic carbocycles. The zero-order valence-corrected chi connectivity index (χ0v) is 15.1. The average molecular weight is 355 g/mol. The molecule has 0 amide bonds. The molecule has 7 heteroatoms. The Morgan fingerprint density at radius 2 is 2.00 bits per heavy atom. The van der Waals surface area contributed by atoms with Crippen molar-refractivity contribution >= 4 is 22.7 Å². The smallest absolute Gasteiger partial charge is 0.313 e. The van der Waals surface area contributed by atoms with Crippen LogP contribution in [0.5, 0.6) is 0 Å². The monoisotopic (exact) mass is 355 g/mol. The van der Waals surface area contributed by atoms with Crippen molar-refractivity contribution in [2.24, 2.45) is 0 Å². The van der Waals surface area contributed by atoms with Gasteiger partial charge in [-0.2, -0.15) is 0 Å². The van der Waals surface area contributed by atoms with Crippen molar-refractivity contribution in [3.63, 3.8) is 0 Å². The number of para-hydroxylation sites is 1. The average Bonchev–Trinajstić information content (AvgIpc) is 3.20. The van der Waals surface area contributed by atoms with E-state index in [9.17, 15) is 9.59 Å². The van der Waals surface area contributed by atoms with Crippen LogP contribution in [0, 0.1) is 0 Å². The second-order valence-corrected chi connectivity index (χ2v) is 6.30. The van der Waals surface area contributed by atoms with Crippen molar-refractivity contribution in [1.82, 2.24) is 14.8 Å². The number of ether oxygens (including phenoxy) is 1. The number of benzene rings is 1. The van der Waals surface area contributed by atoms with Gasteiger partial charge in [-0.05, 0) is 19.1 Å². The number of esters is 1. The number of hydrogen-bond donors (Lipinski definition) is 0. The molecule has 0 N–H and O–H groups in total. The SMILES string of the molecule is CCOC(=O)CC(=O)Cn1c(-c2nnc(C(C)C)o2)cc2ccccc21. The number of hydrogen-bond acceptors (Lipinski definition) is 6. The fourth-order valence-corrected chi connectivity index (χ4v) is 2.73. The van der Waals surface area contributed by atoms with Crippen molar-refractivity contribution in [2.45, 2.75) is 39.7 Å². The predicted octanol–water partition coefficient (Wildman–Crippen LogP) is 3.34. The summed E-state index contributed by atoms with van der Waals surface area (Å²) in [6, 6.07) is 9.59. The summed E-state index contributed by atoms with van der Waals surface area (Å²) in [6.07, 6.45) is -0.263.